The predicted octanol–water partition coefficient (Wildman–Crippen LogP) is 5.15. The normalized spacial score (nSPS) is 15.1. The van der Waals surface area contributed by atoms with Crippen LogP contribution in [0.2, 0.25) is 0 Å². The van der Waals surface area contributed by atoms with Crippen molar-refractivity contribution in [1.82, 2.24) is 15.2 Å². The highest BCUT2D eigenvalue weighted by molar-refractivity contribution is 5.98. The standard InChI is InChI=1S/C28H31N3O2/c1-2-31(26(32)24-18-10-13-21-29-24)28(19-11-5-12-20-28)27(33)30-25(22-14-6-3-7-15-22)23-16-8-4-9-17-23/h3-4,6-10,13-18,21,25H,2,5,11-12,19-20H2,1H3,(H,30,33). The van der Waals surface area contributed by atoms with E-state index in [1.807, 2.05) is 73.7 Å². The Morgan fingerprint density at radius 1 is 0.879 bits per heavy atom. The zero-order valence-electron chi connectivity index (χ0n) is 19.1. The van der Waals surface area contributed by atoms with Gasteiger partial charge in [0.05, 0.1) is 6.04 Å². The van der Waals surface area contributed by atoms with E-state index in [0.717, 1.165) is 30.4 Å². The third kappa shape index (κ3) is 4.82. The molecule has 1 aliphatic rings. The molecule has 5 nitrogen and oxygen atoms in total. The summed E-state index contributed by atoms with van der Waals surface area (Å²) < 4.78 is 0. The number of pyridine rings is 1. The van der Waals surface area contributed by atoms with E-state index in [4.69, 9.17) is 0 Å². The van der Waals surface area contributed by atoms with E-state index in [1.54, 1.807) is 23.2 Å². The number of carbonyl (C=O) groups is 2. The van der Waals surface area contributed by atoms with Crippen LogP contribution in [0.15, 0.2) is 85.1 Å². The molecule has 5 heteroatoms. The Morgan fingerprint density at radius 3 is 1.97 bits per heavy atom. The van der Waals surface area contributed by atoms with Crippen LogP contribution in [0.1, 0.15) is 66.7 Å². The number of amides is 2. The highest BCUT2D eigenvalue weighted by Gasteiger charge is 2.47. The van der Waals surface area contributed by atoms with Crippen molar-refractivity contribution in [3.63, 3.8) is 0 Å². The Labute approximate surface area is 195 Å². The fourth-order valence-electron chi connectivity index (χ4n) is 4.94. The van der Waals surface area contributed by atoms with Crippen LogP contribution < -0.4 is 5.32 Å². The van der Waals surface area contributed by atoms with Crippen LogP contribution in [-0.2, 0) is 4.79 Å². The Bertz CT molecular complexity index is 1010. The highest BCUT2D eigenvalue weighted by atomic mass is 16.2. The second-order valence-electron chi connectivity index (χ2n) is 8.58. The number of hydrogen-bond acceptors (Lipinski definition) is 3. The van der Waals surface area contributed by atoms with Gasteiger partial charge in [-0.1, -0.05) is 86.0 Å². The number of nitrogens with one attached hydrogen (secondary N) is 1. The Morgan fingerprint density at radius 2 is 1.45 bits per heavy atom. The summed E-state index contributed by atoms with van der Waals surface area (Å²) in [6, 6.07) is 25.0. The second-order valence-corrected chi connectivity index (χ2v) is 8.58. The summed E-state index contributed by atoms with van der Waals surface area (Å²) in [5.74, 6) is -0.280. The Balaban J connectivity index is 1.70. The molecule has 1 saturated carbocycles. The van der Waals surface area contributed by atoms with Gasteiger partial charge in [-0.25, -0.2) is 0 Å². The molecule has 0 spiro atoms. The van der Waals surface area contributed by atoms with E-state index in [0.29, 0.717) is 25.1 Å². The number of hydrogen-bond donors (Lipinski definition) is 1. The summed E-state index contributed by atoms with van der Waals surface area (Å²) in [5.41, 5.74) is 1.52. The monoisotopic (exact) mass is 441 g/mol. The summed E-state index contributed by atoms with van der Waals surface area (Å²) in [5, 5.41) is 3.33. The van der Waals surface area contributed by atoms with Crippen molar-refractivity contribution in [1.29, 1.82) is 0 Å². The van der Waals surface area contributed by atoms with Crippen molar-refractivity contribution in [2.75, 3.05) is 6.54 Å². The van der Waals surface area contributed by atoms with Gasteiger partial charge in [-0.2, -0.15) is 0 Å². The van der Waals surface area contributed by atoms with Crippen molar-refractivity contribution in [3.8, 4) is 0 Å². The zero-order valence-corrected chi connectivity index (χ0v) is 19.1. The number of benzene rings is 2. The van der Waals surface area contributed by atoms with Gasteiger partial charge in [-0.05, 0) is 43.0 Å². The van der Waals surface area contributed by atoms with E-state index < -0.39 is 5.54 Å². The molecule has 0 aliphatic heterocycles. The van der Waals surface area contributed by atoms with E-state index in [1.165, 1.54) is 0 Å². The minimum atomic E-state index is -0.886. The van der Waals surface area contributed by atoms with Crippen LogP contribution >= 0.6 is 0 Å². The molecule has 2 aromatic carbocycles. The van der Waals surface area contributed by atoms with Crippen molar-refractivity contribution in [2.45, 2.75) is 50.6 Å². The molecule has 1 N–H and O–H groups in total. The van der Waals surface area contributed by atoms with Crippen LogP contribution in [0.4, 0.5) is 0 Å². The molecular weight excluding hydrogens is 410 g/mol. The Kier molecular flexibility index (Phi) is 7.18. The lowest BCUT2D eigenvalue weighted by molar-refractivity contribution is -0.134. The molecule has 1 fully saturated rings. The maximum atomic E-state index is 14.1. The molecule has 3 aromatic rings. The van der Waals surface area contributed by atoms with Crippen LogP contribution in [0, 0.1) is 0 Å². The van der Waals surface area contributed by atoms with E-state index in [2.05, 4.69) is 10.3 Å². The van der Waals surface area contributed by atoms with Gasteiger partial charge >= 0.3 is 0 Å². The van der Waals surface area contributed by atoms with Gasteiger partial charge in [0, 0.05) is 12.7 Å². The van der Waals surface area contributed by atoms with Gasteiger partial charge in [-0.3, -0.25) is 14.6 Å². The predicted molar refractivity (Wildman–Crippen MR) is 130 cm³/mol. The molecule has 0 unspecified atom stereocenters. The van der Waals surface area contributed by atoms with Crippen LogP contribution in [0.5, 0.6) is 0 Å². The molecule has 0 atom stereocenters. The van der Waals surface area contributed by atoms with Gasteiger partial charge < -0.3 is 10.2 Å². The average molecular weight is 442 g/mol. The molecule has 1 heterocycles. The van der Waals surface area contributed by atoms with Gasteiger partial charge in [0.25, 0.3) is 5.91 Å². The lowest BCUT2D eigenvalue weighted by Gasteiger charge is -2.45. The minimum Gasteiger partial charge on any atom is -0.343 e. The van der Waals surface area contributed by atoms with E-state index in [-0.39, 0.29) is 17.9 Å². The van der Waals surface area contributed by atoms with Gasteiger partial charge in [0.2, 0.25) is 5.91 Å². The molecular formula is C28H31N3O2. The van der Waals surface area contributed by atoms with E-state index in [9.17, 15) is 9.59 Å². The molecule has 1 aromatic heterocycles. The highest BCUT2D eigenvalue weighted by Crippen LogP contribution is 2.36. The van der Waals surface area contributed by atoms with Crippen molar-refractivity contribution in [2.24, 2.45) is 0 Å². The third-order valence-corrected chi connectivity index (χ3v) is 6.61. The number of aromatic nitrogens is 1. The van der Waals surface area contributed by atoms with Crippen LogP contribution in [-0.4, -0.2) is 33.8 Å². The van der Waals surface area contributed by atoms with Crippen LogP contribution in [0.25, 0.3) is 0 Å². The average Bonchev–Trinajstić information content (AvgIpc) is 2.89. The third-order valence-electron chi connectivity index (χ3n) is 6.61. The lowest BCUT2D eigenvalue weighted by atomic mass is 9.78. The SMILES string of the molecule is CCN(C(=O)c1ccccn1)C1(C(=O)NC(c2ccccc2)c2ccccc2)CCCCC1. The maximum Gasteiger partial charge on any atom is 0.273 e. The topological polar surface area (TPSA) is 62.3 Å². The van der Waals surface area contributed by atoms with Crippen molar-refractivity contribution in [3.05, 3.63) is 102 Å². The van der Waals surface area contributed by atoms with Crippen molar-refractivity contribution < 1.29 is 9.59 Å². The first kappa shape index (κ1) is 22.7. The smallest absolute Gasteiger partial charge is 0.273 e. The van der Waals surface area contributed by atoms with Gasteiger partial charge in [0.1, 0.15) is 11.2 Å². The van der Waals surface area contributed by atoms with E-state index >= 15 is 0 Å². The first-order chi connectivity index (χ1) is 16.2. The lowest BCUT2D eigenvalue weighted by Crippen LogP contribution is -2.62. The van der Waals surface area contributed by atoms with Gasteiger partial charge in [-0.15, -0.1) is 0 Å². The molecule has 4 rings (SSSR count). The quantitative estimate of drug-likeness (QED) is 0.551. The summed E-state index contributed by atoms with van der Waals surface area (Å²) in [7, 11) is 0. The molecule has 0 radical (unpaired) electrons. The maximum absolute atomic E-state index is 14.1. The molecule has 2 amide bonds. The second kappa shape index (κ2) is 10.4. The van der Waals surface area contributed by atoms with Crippen molar-refractivity contribution >= 4 is 11.8 Å². The molecule has 33 heavy (non-hydrogen) atoms. The first-order valence-electron chi connectivity index (χ1n) is 11.8. The largest absolute Gasteiger partial charge is 0.343 e. The first-order valence-corrected chi connectivity index (χ1v) is 11.8. The van der Waals surface area contributed by atoms with Gasteiger partial charge in [0.15, 0.2) is 0 Å². The number of carbonyl (C=O) groups excluding carboxylic acids is 2. The summed E-state index contributed by atoms with van der Waals surface area (Å²) in [6.07, 6.45) is 5.84. The molecule has 0 bridgehead atoms. The number of likely N-dealkylation sites (N-methyl/N-ethyl adjacent to an activating group) is 1. The summed E-state index contributed by atoms with van der Waals surface area (Å²) in [4.78, 5) is 33.6. The fraction of sp³-hybridized carbons (Fsp3) is 0.321. The molecule has 170 valence electrons. The summed E-state index contributed by atoms with van der Waals surface area (Å²) >= 11 is 0. The fourth-order valence-corrected chi connectivity index (χ4v) is 4.94. The minimum absolute atomic E-state index is 0.0916. The zero-order chi connectivity index (χ0) is 23.1. The summed E-state index contributed by atoms with van der Waals surface area (Å²) in [6.45, 7) is 2.39. The number of rotatable bonds is 7. The Hall–Kier alpha value is -3.47. The van der Waals surface area contributed by atoms with Crippen LogP contribution in [0.3, 0.4) is 0 Å². The molecule has 0 saturated heterocycles. The molecule has 1 aliphatic carbocycles. The number of nitrogens with zero attached hydrogens (tertiary/aromatic N) is 2.